The van der Waals surface area contributed by atoms with Crippen LogP contribution in [0.4, 0.5) is 10.3 Å². The topological polar surface area (TPSA) is 109 Å². The molecule has 9 nitrogen and oxygen atoms in total. The van der Waals surface area contributed by atoms with Crippen LogP contribution in [-0.4, -0.2) is 65.9 Å². The van der Waals surface area contributed by atoms with Crippen molar-refractivity contribution in [2.45, 2.75) is 51.7 Å². The van der Waals surface area contributed by atoms with Crippen LogP contribution in [0.15, 0.2) is 41.3 Å². The van der Waals surface area contributed by atoms with E-state index in [1.54, 1.807) is 55.0 Å². The average Bonchev–Trinajstić information content (AvgIpc) is 3.37. The summed E-state index contributed by atoms with van der Waals surface area (Å²) in [7, 11) is 1.73. The maximum absolute atomic E-state index is 14.8. The van der Waals surface area contributed by atoms with Gasteiger partial charge < -0.3 is 15.3 Å². The van der Waals surface area contributed by atoms with Crippen molar-refractivity contribution in [2.75, 3.05) is 18.9 Å². The Morgan fingerprint density at radius 1 is 1.38 bits per heavy atom. The highest BCUT2D eigenvalue weighted by atomic mass is 79.9. The zero-order valence-electron chi connectivity index (χ0n) is 21.2. The van der Waals surface area contributed by atoms with Crippen LogP contribution >= 0.6 is 15.9 Å². The monoisotopic (exact) mass is 569 g/mol. The molecule has 2 N–H and O–H groups in total. The fraction of sp³-hybridized carbons (Fsp3) is 0.423. The van der Waals surface area contributed by atoms with Crippen LogP contribution in [0.25, 0.3) is 27.6 Å². The third-order valence-corrected chi connectivity index (χ3v) is 7.41. The predicted octanol–water partition coefficient (Wildman–Crippen LogP) is 4.47. The lowest BCUT2D eigenvalue weighted by Crippen LogP contribution is -2.45. The molecule has 0 radical (unpaired) electrons. The Labute approximate surface area is 222 Å². The van der Waals surface area contributed by atoms with E-state index in [1.165, 1.54) is 6.07 Å². The molecule has 4 aromatic rings. The number of hydrogen-bond acceptors (Lipinski definition) is 7. The van der Waals surface area contributed by atoms with E-state index in [-0.39, 0.29) is 18.5 Å². The standard InChI is InChI=1S/C26H29BrFN7O2/c1-25(2,37)14-34(4)23(36)26(3)8-7-16(12-26)31-24-30-13-18-21(27)33-35(22(18)32-24)17-10-15-6-5-9-29-20(15)19(28)11-17/h5-6,9-11,13,16,37H,7-8,12,14H2,1-4H3,(H,30,31,32)/t16-,26-/m1/s1. The van der Waals surface area contributed by atoms with Crippen molar-refractivity contribution < 1.29 is 14.3 Å². The van der Waals surface area contributed by atoms with Crippen molar-refractivity contribution >= 4 is 49.7 Å². The smallest absolute Gasteiger partial charge is 0.228 e. The Morgan fingerprint density at radius 2 is 2.16 bits per heavy atom. The van der Waals surface area contributed by atoms with E-state index in [4.69, 9.17) is 4.98 Å². The summed E-state index contributed by atoms with van der Waals surface area (Å²) in [6.07, 6.45) is 5.35. The molecule has 1 fully saturated rings. The molecule has 1 aliphatic carbocycles. The predicted molar refractivity (Wildman–Crippen MR) is 143 cm³/mol. The number of carbonyl (C=O) groups is 1. The molecule has 1 aliphatic rings. The zero-order valence-corrected chi connectivity index (χ0v) is 22.8. The SMILES string of the molecule is CN(CC(C)(C)O)C(=O)[C@]1(C)CC[C@@H](Nc2ncc3c(Br)nn(-c4cc(F)c5ncccc5c4)c3n2)C1. The number of nitrogens with zero attached hydrogens (tertiary/aromatic N) is 6. The van der Waals surface area contributed by atoms with Gasteiger partial charge in [0.1, 0.15) is 10.1 Å². The lowest BCUT2D eigenvalue weighted by Gasteiger charge is -2.32. The van der Waals surface area contributed by atoms with Gasteiger partial charge in [-0.3, -0.25) is 9.78 Å². The second-order valence-electron chi connectivity index (χ2n) is 10.8. The Hall–Kier alpha value is -3.18. The van der Waals surface area contributed by atoms with E-state index in [9.17, 15) is 14.3 Å². The highest BCUT2D eigenvalue weighted by molar-refractivity contribution is 9.10. The van der Waals surface area contributed by atoms with Crippen LogP contribution in [0.5, 0.6) is 0 Å². The fourth-order valence-corrected chi connectivity index (χ4v) is 5.67. The van der Waals surface area contributed by atoms with Crippen LogP contribution in [-0.2, 0) is 4.79 Å². The molecule has 1 amide bonds. The number of fused-ring (bicyclic) bond motifs is 2. The summed E-state index contributed by atoms with van der Waals surface area (Å²) >= 11 is 3.46. The van der Waals surface area contributed by atoms with Gasteiger partial charge in [0, 0.05) is 48.9 Å². The van der Waals surface area contributed by atoms with Gasteiger partial charge in [0.05, 0.1) is 16.7 Å². The first kappa shape index (κ1) is 25.5. The van der Waals surface area contributed by atoms with E-state index in [1.807, 2.05) is 13.0 Å². The Balaban J connectivity index is 1.40. The molecule has 2 atom stereocenters. The molecule has 3 heterocycles. The van der Waals surface area contributed by atoms with Gasteiger partial charge in [0.2, 0.25) is 11.9 Å². The highest BCUT2D eigenvalue weighted by Crippen LogP contribution is 2.40. The number of nitrogens with one attached hydrogen (secondary N) is 1. The first-order chi connectivity index (χ1) is 17.4. The lowest BCUT2D eigenvalue weighted by molar-refractivity contribution is -0.142. The Morgan fingerprint density at radius 3 is 2.92 bits per heavy atom. The normalized spacial score (nSPS) is 20.0. The Bertz CT molecular complexity index is 1500. The van der Waals surface area contributed by atoms with E-state index < -0.39 is 16.8 Å². The molecule has 0 aliphatic heterocycles. The number of aliphatic hydroxyl groups is 1. The molecule has 1 saturated carbocycles. The van der Waals surface area contributed by atoms with Crippen molar-refractivity contribution in [1.29, 1.82) is 0 Å². The fourth-order valence-electron chi connectivity index (χ4n) is 5.23. The number of amides is 1. The van der Waals surface area contributed by atoms with Gasteiger partial charge in [-0.2, -0.15) is 10.1 Å². The zero-order chi connectivity index (χ0) is 26.5. The molecule has 5 rings (SSSR count). The van der Waals surface area contributed by atoms with E-state index in [2.05, 4.69) is 36.3 Å². The summed E-state index contributed by atoms with van der Waals surface area (Å²) in [4.78, 5) is 28.0. The molecule has 0 unspecified atom stereocenters. The molecule has 0 bridgehead atoms. The molecular formula is C26H29BrFN7O2. The molecule has 37 heavy (non-hydrogen) atoms. The van der Waals surface area contributed by atoms with Gasteiger partial charge in [-0.15, -0.1) is 0 Å². The van der Waals surface area contributed by atoms with Crippen LogP contribution in [0.3, 0.4) is 0 Å². The number of halogens is 2. The molecule has 3 aromatic heterocycles. The quantitative estimate of drug-likeness (QED) is 0.352. The van der Waals surface area contributed by atoms with E-state index in [0.29, 0.717) is 44.6 Å². The van der Waals surface area contributed by atoms with E-state index >= 15 is 0 Å². The summed E-state index contributed by atoms with van der Waals surface area (Å²) in [5.74, 6) is -0.00881. The van der Waals surface area contributed by atoms with Gasteiger partial charge in [-0.05, 0) is 61.2 Å². The summed E-state index contributed by atoms with van der Waals surface area (Å²) in [6.45, 7) is 5.62. The van der Waals surface area contributed by atoms with Crippen LogP contribution in [0.2, 0.25) is 0 Å². The lowest BCUT2D eigenvalue weighted by atomic mass is 9.86. The van der Waals surface area contributed by atoms with Crippen molar-refractivity contribution in [2.24, 2.45) is 5.41 Å². The summed E-state index contributed by atoms with van der Waals surface area (Å²) in [6, 6.07) is 6.77. The average molecular weight is 570 g/mol. The largest absolute Gasteiger partial charge is 0.389 e. The van der Waals surface area contributed by atoms with E-state index in [0.717, 1.165) is 12.8 Å². The number of aromatic nitrogens is 5. The maximum atomic E-state index is 14.8. The number of carbonyl (C=O) groups excluding carboxylic acids is 1. The van der Waals surface area contributed by atoms with Crippen molar-refractivity contribution in [1.82, 2.24) is 29.6 Å². The first-order valence-corrected chi connectivity index (χ1v) is 12.9. The Kier molecular flexibility index (Phi) is 6.39. The minimum atomic E-state index is -0.956. The number of hydrogen-bond donors (Lipinski definition) is 2. The molecule has 11 heteroatoms. The minimum Gasteiger partial charge on any atom is -0.389 e. The molecule has 0 spiro atoms. The van der Waals surface area contributed by atoms with Crippen LogP contribution < -0.4 is 5.32 Å². The highest BCUT2D eigenvalue weighted by Gasteiger charge is 2.43. The third kappa shape index (κ3) is 5.02. The van der Waals surface area contributed by atoms with Crippen molar-refractivity contribution in [3.63, 3.8) is 0 Å². The van der Waals surface area contributed by atoms with Gasteiger partial charge >= 0.3 is 0 Å². The third-order valence-electron chi connectivity index (χ3n) is 6.83. The molecule has 0 saturated heterocycles. The molecule has 194 valence electrons. The van der Waals surface area contributed by atoms with Crippen LogP contribution in [0.1, 0.15) is 40.0 Å². The summed E-state index contributed by atoms with van der Waals surface area (Å²) in [5.41, 5.74) is -0.155. The second kappa shape index (κ2) is 9.29. The summed E-state index contributed by atoms with van der Waals surface area (Å²) in [5, 5.41) is 19.4. The number of pyridine rings is 1. The number of anilines is 1. The van der Waals surface area contributed by atoms with Crippen molar-refractivity contribution in [3.8, 4) is 5.69 Å². The van der Waals surface area contributed by atoms with Crippen molar-refractivity contribution in [3.05, 3.63) is 47.1 Å². The second-order valence-corrected chi connectivity index (χ2v) is 11.5. The first-order valence-electron chi connectivity index (χ1n) is 12.1. The molecular weight excluding hydrogens is 541 g/mol. The molecule has 1 aromatic carbocycles. The van der Waals surface area contributed by atoms with Gasteiger partial charge in [0.25, 0.3) is 0 Å². The van der Waals surface area contributed by atoms with Gasteiger partial charge in [-0.1, -0.05) is 13.0 Å². The van der Waals surface area contributed by atoms with Gasteiger partial charge in [-0.25, -0.2) is 14.1 Å². The number of benzene rings is 1. The maximum Gasteiger partial charge on any atom is 0.228 e. The summed E-state index contributed by atoms with van der Waals surface area (Å²) < 4.78 is 16.9. The number of likely N-dealkylation sites (N-methyl/N-ethyl adjacent to an activating group) is 1. The minimum absolute atomic E-state index is 0.00550. The number of rotatable bonds is 6. The van der Waals surface area contributed by atoms with Crippen LogP contribution in [0, 0.1) is 11.2 Å². The van der Waals surface area contributed by atoms with Gasteiger partial charge in [0.15, 0.2) is 11.5 Å².